The number of ether oxygens (including phenoxy) is 1. The van der Waals surface area contributed by atoms with E-state index in [0.717, 1.165) is 11.1 Å². The normalized spacial score (nSPS) is 10.7. The van der Waals surface area contributed by atoms with Gasteiger partial charge in [-0.2, -0.15) is 0 Å². The van der Waals surface area contributed by atoms with Crippen molar-refractivity contribution in [1.29, 1.82) is 0 Å². The Kier molecular flexibility index (Phi) is 2.96. The van der Waals surface area contributed by atoms with Gasteiger partial charge in [-0.15, -0.1) is 0 Å². The van der Waals surface area contributed by atoms with E-state index in [1.54, 1.807) is 13.2 Å². The lowest BCUT2D eigenvalue weighted by Gasteiger charge is -2.09. The maximum Gasteiger partial charge on any atom is 0.163 e. The van der Waals surface area contributed by atoms with E-state index in [1.165, 1.54) is 0 Å². The summed E-state index contributed by atoms with van der Waals surface area (Å²) < 4.78 is 5.08. The minimum Gasteiger partial charge on any atom is -0.504 e. The third kappa shape index (κ3) is 1.83. The van der Waals surface area contributed by atoms with Crippen LogP contribution in [-0.2, 0) is 0 Å². The Hall–Kier alpha value is -1.44. The first-order valence-corrected chi connectivity index (χ1v) is 4.20. The quantitative estimate of drug-likeness (QED) is 0.754. The number of phenols is 1. The molecule has 0 spiro atoms. The van der Waals surface area contributed by atoms with Gasteiger partial charge in [0.1, 0.15) is 0 Å². The fraction of sp³-hybridized carbons (Fsp3) is 0.273. The van der Waals surface area contributed by atoms with Crippen LogP contribution in [0.3, 0.4) is 0 Å². The number of rotatable bonds is 2. The highest BCUT2D eigenvalue weighted by Gasteiger charge is 2.06. The molecule has 0 radical (unpaired) electrons. The van der Waals surface area contributed by atoms with Gasteiger partial charge in [-0.1, -0.05) is 18.2 Å². The van der Waals surface area contributed by atoms with Crippen LogP contribution in [0.2, 0.25) is 0 Å². The van der Waals surface area contributed by atoms with E-state index in [2.05, 4.69) is 0 Å². The molecule has 0 aliphatic heterocycles. The molecule has 0 atom stereocenters. The van der Waals surface area contributed by atoms with Crippen molar-refractivity contribution in [3.63, 3.8) is 0 Å². The lowest BCUT2D eigenvalue weighted by Crippen LogP contribution is -1.90. The predicted octanol–water partition coefficient (Wildman–Crippen LogP) is 2.74. The molecule has 2 nitrogen and oxygen atoms in total. The number of methoxy groups -OCH3 is 1. The highest BCUT2D eigenvalue weighted by Crippen LogP contribution is 2.32. The zero-order chi connectivity index (χ0) is 9.84. The van der Waals surface area contributed by atoms with Crippen LogP contribution < -0.4 is 4.74 Å². The second-order valence-corrected chi connectivity index (χ2v) is 2.83. The van der Waals surface area contributed by atoms with Crippen LogP contribution in [0, 0.1) is 6.92 Å². The van der Waals surface area contributed by atoms with E-state index >= 15 is 0 Å². The van der Waals surface area contributed by atoms with Gasteiger partial charge in [0.15, 0.2) is 11.5 Å². The average Bonchev–Trinajstić information content (AvgIpc) is 2.11. The van der Waals surface area contributed by atoms with E-state index in [9.17, 15) is 5.11 Å². The number of benzene rings is 1. The Balaban J connectivity index is 3.27. The molecular weight excluding hydrogens is 164 g/mol. The molecule has 2 heteroatoms. The van der Waals surface area contributed by atoms with Crippen LogP contribution in [0.15, 0.2) is 18.2 Å². The van der Waals surface area contributed by atoms with E-state index in [-0.39, 0.29) is 5.75 Å². The Morgan fingerprint density at radius 1 is 1.38 bits per heavy atom. The van der Waals surface area contributed by atoms with E-state index < -0.39 is 0 Å². The molecule has 1 aromatic rings. The Morgan fingerprint density at radius 3 is 2.62 bits per heavy atom. The van der Waals surface area contributed by atoms with Crippen LogP contribution in [0.5, 0.6) is 11.5 Å². The van der Waals surface area contributed by atoms with Crippen LogP contribution in [-0.4, -0.2) is 12.2 Å². The monoisotopic (exact) mass is 178 g/mol. The second-order valence-electron chi connectivity index (χ2n) is 2.83. The molecule has 0 saturated carbocycles. The first-order valence-electron chi connectivity index (χ1n) is 4.20. The van der Waals surface area contributed by atoms with Gasteiger partial charge in [0.05, 0.1) is 7.11 Å². The summed E-state index contributed by atoms with van der Waals surface area (Å²) in [4.78, 5) is 0. The third-order valence-corrected chi connectivity index (χ3v) is 1.98. The van der Waals surface area contributed by atoms with Crippen LogP contribution >= 0.6 is 0 Å². The Labute approximate surface area is 78.5 Å². The molecule has 0 aliphatic rings. The number of phenolic OH excluding ortho intramolecular Hbond substituents is 1. The standard InChI is InChI=1S/C11H14O2/c1-4-5-9-6-7-10(12)11(13-3)8(9)2/h4-7,12H,1-3H3/b5-4+. The fourth-order valence-corrected chi connectivity index (χ4v) is 1.31. The summed E-state index contributed by atoms with van der Waals surface area (Å²) in [5.41, 5.74) is 2.03. The Bertz CT molecular complexity index is 327. The summed E-state index contributed by atoms with van der Waals surface area (Å²) in [6.45, 7) is 3.88. The largest absolute Gasteiger partial charge is 0.504 e. The van der Waals surface area contributed by atoms with Crippen molar-refractivity contribution in [2.45, 2.75) is 13.8 Å². The van der Waals surface area contributed by atoms with Gasteiger partial charge in [0.25, 0.3) is 0 Å². The number of allylic oxidation sites excluding steroid dienone is 1. The van der Waals surface area contributed by atoms with Crippen molar-refractivity contribution in [2.75, 3.05) is 7.11 Å². The van der Waals surface area contributed by atoms with Gasteiger partial charge in [-0.25, -0.2) is 0 Å². The molecule has 0 unspecified atom stereocenters. The zero-order valence-electron chi connectivity index (χ0n) is 8.16. The number of aromatic hydroxyl groups is 1. The summed E-state index contributed by atoms with van der Waals surface area (Å²) in [7, 11) is 1.56. The van der Waals surface area contributed by atoms with Crippen LogP contribution in [0.4, 0.5) is 0 Å². The molecule has 0 aromatic heterocycles. The van der Waals surface area contributed by atoms with Crippen LogP contribution in [0.25, 0.3) is 6.08 Å². The van der Waals surface area contributed by atoms with Crippen molar-refractivity contribution < 1.29 is 9.84 Å². The lowest BCUT2D eigenvalue weighted by atomic mass is 10.1. The minimum absolute atomic E-state index is 0.188. The van der Waals surface area contributed by atoms with Crippen molar-refractivity contribution in [3.05, 3.63) is 29.3 Å². The molecule has 0 saturated heterocycles. The van der Waals surface area contributed by atoms with Crippen molar-refractivity contribution in [3.8, 4) is 11.5 Å². The number of hydrogen-bond donors (Lipinski definition) is 1. The Morgan fingerprint density at radius 2 is 2.08 bits per heavy atom. The fourth-order valence-electron chi connectivity index (χ4n) is 1.31. The molecule has 0 bridgehead atoms. The smallest absolute Gasteiger partial charge is 0.163 e. The molecule has 13 heavy (non-hydrogen) atoms. The van der Waals surface area contributed by atoms with Crippen LogP contribution in [0.1, 0.15) is 18.1 Å². The molecular formula is C11H14O2. The van der Waals surface area contributed by atoms with Crippen molar-refractivity contribution in [2.24, 2.45) is 0 Å². The minimum atomic E-state index is 0.188. The summed E-state index contributed by atoms with van der Waals surface area (Å²) in [5.74, 6) is 0.740. The van der Waals surface area contributed by atoms with Gasteiger partial charge in [0, 0.05) is 5.56 Å². The van der Waals surface area contributed by atoms with E-state index in [0.29, 0.717) is 5.75 Å². The summed E-state index contributed by atoms with van der Waals surface area (Å²) in [6, 6.07) is 3.51. The highest BCUT2D eigenvalue weighted by molar-refractivity contribution is 5.61. The maximum atomic E-state index is 9.43. The molecule has 1 rings (SSSR count). The van der Waals surface area contributed by atoms with Gasteiger partial charge in [0.2, 0.25) is 0 Å². The molecule has 0 heterocycles. The highest BCUT2D eigenvalue weighted by atomic mass is 16.5. The molecule has 0 amide bonds. The molecule has 1 aromatic carbocycles. The van der Waals surface area contributed by atoms with Gasteiger partial charge in [-0.3, -0.25) is 0 Å². The topological polar surface area (TPSA) is 29.5 Å². The number of hydrogen-bond acceptors (Lipinski definition) is 2. The maximum absolute atomic E-state index is 9.43. The molecule has 1 N–H and O–H groups in total. The summed E-state index contributed by atoms with van der Waals surface area (Å²) in [6.07, 6.45) is 3.94. The first-order chi connectivity index (χ1) is 6.20. The second kappa shape index (κ2) is 3.99. The van der Waals surface area contributed by atoms with Crippen molar-refractivity contribution in [1.82, 2.24) is 0 Å². The van der Waals surface area contributed by atoms with Gasteiger partial charge < -0.3 is 9.84 Å². The van der Waals surface area contributed by atoms with Crippen molar-refractivity contribution >= 4 is 6.08 Å². The third-order valence-electron chi connectivity index (χ3n) is 1.98. The van der Waals surface area contributed by atoms with E-state index in [1.807, 2.05) is 32.1 Å². The van der Waals surface area contributed by atoms with Gasteiger partial charge in [-0.05, 0) is 25.5 Å². The predicted molar refractivity (Wildman–Crippen MR) is 54.1 cm³/mol. The molecule has 0 aliphatic carbocycles. The average molecular weight is 178 g/mol. The lowest BCUT2D eigenvalue weighted by molar-refractivity contribution is 0.371. The zero-order valence-corrected chi connectivity index (χ0v) is 8.16. The van der Waals surface area contributed by atoms with E-state index in [4.69, 9.17) is 4.74 Å². The molecule has 0 fully saturated rings. The molecule has 70 valence electrons. The summed E-state index contributed by atoms with van der Waals surface area (Å²) in [5, 5.41) is 9.43. The summed E-state index contributed by atoms with van der Waals surface area (Å²) >= 11 is 0. The SMILES string of the molecule is C/C=C/c1ccc(O)c(OC)c1C. The van der Waals surface area contributed by atoms with Gasteiger partial charge >= 0.3 is 0 Å². The first kappa shape index (κ1) is 9.65.